The average molecular weight is 344 g/mol. The van der Waals surface area contributed by atoms with E-state index in [-0.39, 0.29) is 18.4 Å². The normalized spacial score (nSPS) is 24.4. The van der Waals surface area contributed by atoms with Crippen LogP contribution in [0.4, 0.5) is 0 Å². The van der Waals surface area contributed by atoms with Crippen LogP contribution in [0.15, 0.2) is 30.3 Å². The van der Waals surface area contributed by atoms with Crippen molar-refractivity contribution in [3.63, 3.8) is 0 Å². The van der Waals surface area contributed by atoms with E-state index in [1.54, 1.807) is 4.90 Å². The summed E-state index contributed by atoms with van der Waals surface area (Å²) in [5.41, 5.74) is 0.139. The first kappa shape index (κ1) is 17.9. The molecule has 25 heavy (non-hydrogen) atoms. The monoisotopic (exact) mass is 344 g/mol. The molecule has 0 bridgehead atoms. The maximum Gasteiger partial charge on any atom is 0.329 e. The minimum Gasteiger partial charge on any atom is -0.479 e. The predicted molar refractivity (Wildman–Crippen MR) is 96.0 cm³/mol. The van der Waals surface area contributed by atoms with Gasteiger partial charge in [0.1, 0.15) is 5.54 Å². The first-order chi connectivity index (χ1) is 12.1. The largest absolute Gasteiger partial charge is 0.479 e. The van der Waals surface area contributed by atoms with Gasteiger partial charge < -0.3 is 15.3 Å². The van der Waals surface area contributed by atoms with Crippen LogP contribution < -0.4 is 5.32 Å². The Kier molecular flexibility index (Phi) is 5.74. The third-order valence-corrected chi connectivity index (χ3v) is 5.82. The van der Waals surface area contributed by atoms with E-state index in [1.807, 2.05) is 30.3 Å². The standard InChI is InChI=1S/C20H28N2O3/c23-18(15-21-14-16-8-3-1-4-9-16)22-13-7-12-20(22,19(24)25)17-10-5-2-6-11-17/h1,3-4,8-9,17,21H,2,5-7,10-15H2,(H,24,25)/t20-/m1/s1. The van der Waals surface area contributed by atoms with Crippen LogP contribution in [-0.4, -0.2) is 40.5 Å². The van der Waals surface area contributed by atoms with Crippen molar-refractivity contribution in [3.05, 3.63) is 35.9 Å². The molecule has 5 nitrogen and oxygen atoms in total. The first-order valence-electron chi connectivity index (χ1n) is 9.43. The Hall–Kier alpha value is -1.88. The topological polar surface area (TPSA) is 69.6 Å². The van der Waals surface area contributed by atoms with E-state index in [4.69, 9.17) is 0 Å². The fourth-order valence-corrected chi connectivity index (χ4v) is 4.60. The Labute approximate surface area is 149 Å². The van der Waals surface area contributed by atoms with Crippen molar-refractivity contribution in [3.8, 4) is 0 Å². The van der Waals surface area contributed by atoms with Crippen molar-refractivity contribution >= 4 is 11.9 Å². The molecule has 0 aromatic heterocycles. The van der Waals surface area contributed by atoms with Crippen LogP contribution in [0.2, 0.25) is 0 Å². The van der Waals surface area contributed by atoms with E-state index in [1.165, 1.54) is 6.42 Å². The number of nitrogens with one attached hydrogen (secondary N) is 1. The number of benzene rings is 1. The quantitative estimate of drug-likeness (QED) is 0.832. The number of aliphatic carboxylic acids is 1. The molecule has 1 aliphatic heterocycles. The van der Waals surface area contributed by atoms with E-state index < -0.39 is 11.5 Å². The smallest absolute Gasteiger partial charge is 0.329 e. The highest BCUT2D eigenvalue weighted by Crippen LogP contribution is 2.43. The number of rotatable bonds is 6. The molecule has 2 aliphatic rings. The first-order valence-corrected chi connectivity index (χ1v) is 9.43. The molecule has 1 saturated heterocycles. The fraction of sp³-hybridized carbons (Fsp3) is 0.600. The number of carbonyl (C=O) groups is 2. The lowest BCUT2D eigenvalue weighted by Crippen LogP contribution is -2.59. The second kappa shape index (κ2) is 8.00. The molecule has 0 radical (unpaired) electrons. The molecule has 3 rings (SSSR count). The van der Waals surface area contributed by atoms with Gasteiger partial charge in [-0.2, -0.15) is 0 Å². The SMILES string of the molecule is O=C(CNCc1ccccc1)N1CCC[C@]1(C(=O)O)C1CCCCC1. The summed E-state index contributed by atoms with van der Waals surface area (Å²) in [5.74, 6) is -0.797. The Balaban J connectivity index is 1.66. The average Bonchev–Trinajstić information content (AvgIpc) is 3.09. The molecule has 0 unspecified atom stereocenters. The zero-order valence-corrected chi connectivity index (χ0v) is 14.7. The van der Waals surface area contributed by atoms with Crippen LogP contribution >= 0.6 is 0 Å². The molecule has 1 aromatic carbocycles. The van der Waals surface area contributed by atoms with Gasteiger partial charge in [-0.1, -0.05) is 49.6 Å². The second-order valence-electron chi connectivity index (χ2n) is 7.30. The molecule has 1 aliphatic carbocycles. The van der Waals surface area contributed by atoms with Gasteiger partial charge in [-0.25, -0.2) is 4.79 Å². The summed E-state index contributed by atoms with van der Waals surface area (Å²) in [6.45, 7) is 1.37. The van der Waals surface area contributed by atoms with Crippen molar-refractivity contribution in [2.45, 2.75) is 57.0 Å². The van der Waals surface area contributed by atoms with Crippen molar-refractivity contribution < 1.29 is 14.7 Å². The van der Waals surface area contributed by atoms with E-state index in [0.29, 0.717) is 19.5 Å². The van der Waals surface area contributed by atoms with Crippen molar-refractivity contribution in [2.24, 2.45) is 5.92 Å². The van der Waals surface area contributed by atoms with Gasteiger partial charge in [0.25, 0.3) is 0 Å². The Morgan fingerprint density at radius 2 is 1.84 bits per heavy atom. The second-order valence-corrected chi connectivity index (χ2v) is 7.30. The van der Waals surface area contributed by atoms with Crippen LogP contribution in [0, 0.1) is 5.92 Å². The van der Waals surface area contributed by atoms with Gasteiger partial charge in [0, 0.05) is 13.1 Å². The Morgan fingerprint density at radius 3 is 2.52 bits per heavy atom. The van der Waals surface area contributed by atoms with Crippen LogP contribution in [0.5, 0.6) is 0 Å². The Bertz CT molecular complexity index is 598. The molecule has 2 N–H and O–H groups in total. The highest BCUT2D eigenvalue weighted by molar-refractivity contribution is 5.89. The summed E-state index contributed by atoms with van der Waals surface area (Å²) in [6.07, 6.45) is 6.56. The van der Waals surface area contributed by atoms with Crippen molar-refractivity contribution in [1.29, 1.82) is 0 Å². The molecule has 1 saturated carbocycles. The fourth-order valence-electron chi connectivity index (χ4n) is 4.60. The van der Waals surface area contributed by atoms with Gasteiger partial charge in [-0.05, 0) is 37.2 Å². The van der Waals surface area contributed by atoms with Crippen molar-refractivity contribution in [2.75, 3.05) is 13.1 Å². The van der Waals surface area contributed by atoms with Gasteiger partial charge in [0.05, 0.1) is 6.54 Å². The Morgan fingerprint density at radius 1 is 1.12 bits per heavy atom. The molecule has 2 fully saturated rings. The third kappa shape index (κ3) is 3.71. The zero-order valence-electron chi connectivity index (χ0n) is 14.7. The maximum atomic E-state index is 12.8. The van der Waals surface area contributed by atoms with Crippen LogP contribution in [-0.2, 0) is 16.1 Å². The molecular formula is C20H28N2O3. The third-order valence-electron chi connectivity index (χ3n) is 5.82. The summed E-state index contributed by atoms with van der Waals surface area (Å²) in [7, 11) is 0. The lowest BCUT2D eigenvalue weighted by molar-refractivity contribution is -0.161. The highest BCUT2D eigenvalue weighted by atomic mass is 16.4. The zero-order chi connectivity index (χ0) is 17.7. The number of nitrogens with zero attached hydrogens (tertiary/aromatic N) is 1. The van der Waals surface area contributed by atoms with Gasteiger partial charge >= 0.3 is 5.97 Å². The molecular weight excluding hydrogens is 316 g/mol. The minimum atomic E-state index is -0.980. The molecule has 1 atom stereocenters. The number of carbonyl (C=O) groups excluding carboxylic acids is 1. The molecule has 0 spiro atoms. The molecule has 1 amide bonds. The lowest BCUT2D eigenvalue weighted by atomic mass is 9.73. The highest BCUT2D eigenvalue weighted by Gasteiger charge is 2.54. The lowest BCUT2D eigenvalue weighted by Gasteiger charge is -2.42. The number of carboxylic acid groups (broad SMARTS) is 1. The number of hydrogen-bond acceptors (Lipinski definition) is 3. The van der Waals surface area contributed by atoms with Crippen LogP contribution in [0.3, 0.4) is 0 Å². The summed E-state index contributed by atoms with van der Waals surface area (Å²) in [5, 5.41) is 13.2. The molecule has 5 heteroatoms. The molecule has 1 heterocycles. The van der Waals surface area contributed by atoms with E-state index in [0.717, 1.165) is 37.7 Å². The number of likely N-dealkylation sites (tertiary alicyclic amines) is 1. The number of carboxylic acids is 1. The van der Waals surface area contributed by atoms with Gasteiger partial charge in [0.2, 0.25) is 5.91 Å². The predicted octanol–water partition coefficient (Wildman–Crippen LogP) is 2.80. The number of hydrogen-bond donors (Lipinski definition) is 2. The van der Waals surface area contributed by atoms with E-state index >= 15 is 0 Å². The maximum absolute atomic E-state index is 12.8. The molecule has 136 valence electrons. The number of amides is 1. The van der Waals surface area contributed by atoms with Crippen LogP contribution in [0.1, 0.15) is 50.5 Å². The van der Waals surface area contributed by atoms with Gasteiger partial charge in [-0.15, -0.1) is 0 Å². The van der Waals surface area contributed by atoms with E-state index in [9.17, 15) is 14.7 Å². The summed E-state index contributed by atoms with van der Waals surface area (Å²) in [6, 6.07) is 9.92. The van der Waals surface area contributed by atoms with E-state index in [2.05, 4.69) is 5.32 Å². The minimum absolute atomic E-state index is 0.0820. The molecule has 1 aromatic rings. The van der Waals surface area contributed by atoms with Crippen LogP contribution in [0.25, 0.3) is 0 Å². The summed E-state index contributed by atoms with van der Waals surface area (Å²) < 4.78 is 0. The van der Waals surface area contributed by atoms with Gasteiger partial charge in [0.15, 0.2) is 0 Å². The summed E-state index contributed by atoms with van der Waals surface area (Å²) in [4.78, 5) is 26.7. The van der Waals surface area contributed by atoms with Gasteiger partial charge in [-0.3, -0.25) is 4.79 Å². The summed E-state index contributed by atoms with van der Waals surface area (Å²) >= 11 is 0. The van der Waals surface area contributed by atoms with Crippen molar-refractivity contribution in [1.82, 2.24) is 10.2 Å².